The molecule has 1 aromatic rings. The highest BCUT2D eigenvalue weighted by molar-refractivity contribution is 7.89. The monoisotopic (exact) mass is 304 g/mol. The van der Waals surface area contributed by atoms with E-state index in [9.17, 15) is 12.8 Å². The maximum absolute atomic E-state index is 13.6. The SMILES string of the molecule is Cc1cc(S(=O)(=O)NN2CCOCC2)cc(CO)c1F. The zero-order valence-corrected chi connectivity index (χ0v) is 11.9. The molecule has 0 atom stereocenters. The van der Waals surface area contributed by atoms with Crippen molar-refractivity contribution in [2.75, 3.05) is 26.3 Å². The van der Waals surface area contributed by atoms with Gasteiger partial charge in [0.05, 0.1) is 24.7 Å². The van der Waals surface area contributed by atoms with Gasteiger partial charge in [-0.2, -0.15) is 0 Å². The lowest BCUT2D eigenvalue weighted by Gasteiger charge is -2.26. The second-order valence-corrected chi connectivity index (χ2v) is 6.23. The van der Waals surface area contributed by atoms with Crippen molar-refractivity contribution in [3.8, 4) is 0 Å². The minimum atomic E-state index is -3.79. The number of benzene rings is 1. The average Bonchev–Trinajstić information content (AvgIpc) is 2.42. The summed E-state index contributed by atoms with van der Waals surface area (Å²) in [5.41, 5.74) is 0.145. The third-order valence-corrected chi connectivity index (χ3v) is 4.40. The number of nitrogens with one attached hydrogen (secondary N) is 1. The molecule has 1 heterocycles. The van der Waals surface area contributed by atoms with E-state index < -0.39 is 22.4 Å². The van der Waals surface area contributed by atoms with Gasteiger partial charge in [0.2, 0.25) is 0 Å². The number of sulfonamides is 1. The first kappa shape index (κ1) is 15.3. The molecule has 0 unspecified atom stereocenters. The van der Waals surface area contributed by atoms with Crippen molar-refractivity contribution >= 4 is 10.0 Å². The molecule has 0 spiro atoms. The van der Waals surface area contributed by atoms with Crippen LogP contribution in [0.3, 0.4) is 0 Å². The second-order valence-electron chi connectivity index (χ2n) is 4.57. The van der Waals surface area contributed by atoms with Crippen LogP contribution < -0.4 is 4.83 Å². The Morgan fingerprint density at radius 2 is 2.05 bits per heavy atom. The van der Waals surface area contributed by atoms with Crippen LogP contribution in [-0.4, -0.2) is 44.8 Å². The summed E-state index contributed by atoms with van der Waals surface area (Å²) in [6.45, 7) is 2.72. The van der Waals surface area contributed by atoms with Gasteiger partial charge in [-0.15, -0.1) is 4.83 Å². The van der Waals surface area contributed by atoms with Gasteiger partial charge in [-0.1, -0.05) is 0 Å². The first-order chi connectivity index (χ1) is 9.44. The largest absolute Gasteiger partial charge is 0.392 e. The summed E-state index contributed by atoms with van der Waals surface area (Å²) in [6, 6.07) is 2.39. The molecule has 1 fully saturated rings. The summed E-state index contributed by atoms with van der Waals surface area (Å²) in [4.78, 5) is 2.37. The van der Waals surface area contributed by atoms with Gasteiger partial charge in [-0.3, -0.25) is 0 Å². The minimum absolute atomic E-state index is 0.0349. The number of morpholine rings is 1. The summed E-state index contributed by atoms with van der Waals surface area (Å²) in [6.07, 6.45) is 0. The van der Waals surface area contributed by atoms with Gasteiger partial charge in [0, 0.05) is 18.7 Å². The molecule has 1 saturated heterocycles. The van der Waals surface area contributed by atoms with E-state index in [1.165, 1.54) is 18.0 Å². The summed E-state index contributed by atoms with van der Waals surface area (Å²) in [5, 5.41) is 10.6. The van der Waals surface area contributed by atoms with Crippen molar-refractivity contribution < 1.29 is 22.7 Å². The topological polar surface area (TPSA) is 78.9 Å². The van der Waals surface area contributed by atoms with Gasteiger partial charge in [0.15, 0.2) is 0 Å². The Kier molecular flexibility index (Phi) is 4.71. The molecule has 1 aliphatic rings. The lowest BCUT2D eigenvalue weighted by Crippen LogP contribution is -2.48. The molecule has 2 rings (SSSR count). The van der Waals surface area contributed by atoms with E-state index in [2.05, 4.69) is 4.83 Å². The molecule has 1 aromatic carbocycles. The predicted molar refractivity (Wildman–Crippen MR) is 69.8 cm³/mol. The normalized spacial score (nSPS) is 17.4. The Hall–Kier alpha value is -1.06. The van der Waals surface area contributed by atoms with Gasteiger partial charge < -0.3 is 9.84 Å². The third kappa shape index (κ3) is 3.33. The fourth-order valence-corrected chi connectivity index (χ4v) is 3.21. The highest BCUT2D eigenvalue weighted by Gasteiger charge is 2.22. The number of nitrogens with zero attached hydrogens (tertiary/aromatic N) is 1. The molecule has 0 amide bonds. The number of halogens is 1. The highest BCUT2D eigenvalue weighted by Crippen LogP contribution is 2.19. The van der Waals surface area contributed by atoms with E-state index in [0.717, 1.165) is 6.07 Å². The van der Waals surface area contributed by atoms with Crippen molar-refractivity contribution in [2.24, 2.45) is 0 Å². The van der Waals surface area contributed by atoms with Gasteiger partial charge >= 0.3 is 0 Å². The van der Waals surface area contributed by atoms with Gasteiger partial charge in [0.1, 0.15) is 5.82 Å². The number of ether oxygens (including phenoxy) is 1. The number of aliphatic hydroxyl groups is 1. The zero-order valence-electron chi connectivity index (χ0n) is 11.1. The molecule has 0 aliphatic carbocycles. The Labute approximate surface area is 117 Å². The maximum atomic E-state index is 13.6. The van der Waals surface area contributed by atoms with Crippen LogP contribution in [-0.2, 0) is 21.4 Å². The molecule has 8 heteroatoms. The molecule has 0 radical (unpaired) electrons. The Balaban J connectivity index is 2.26. The molecule has 0 bridgehead atoms. The van der Waals surface area contributed by atoms with E-state index >= 15 is 0 Å². The first-order valence-corrected chi connectivity index (χ1v) is 7.67. The molecule has 2 N–H and O–H groups in total. The number of hydrogen-bond acceptors (Lipinski definition) is 5. The number of rotatable bonds is 4. The van der Waals surface area contributed by atoms with Crippen molar-refractivity contribution in [3.63, 3.8) is 0 Å². The zero-order chi connectivity index (χ0) is 14.8. The van der Waals surface area contributed by atoms with Gasteiger partial charge in [-0.25, -0.2) is 17.8 Å². The van der Waals surface area contributed by atoms with E-state index in [4.69, 9.17) is 9.84 Å². The molecule has 0 aromatic heterocycles. The molecular formula is C12H17FN2O4S. The van der Waals surface area contributed by atoms with Crippen LogP contribution in [0, 0.1) is 12.7 Å². The van der Waals surface area contributed by atoms with E-state index in [1.54, 1.807) is 0 Å². The smallest absolute Gasteiger partial charge is 0.253 e. The van der Waals surface area contributed by atoms with Crippen LogP contribution in [0.4, 0.5) is 4.39 Å². The standard InChI is InChI=1S/C12H17FN2O4S/c1-9-6-11(7-10(8-16)12(9)13)20(17,18)14-15-2-4-19-5-3-15/h6-7,14,16H,2-5,8H2,1H3. The lowest BCUT2D eigenvalue weighted by molar-refractivity contribution is 0.0272. The van der Waals surface area contributed by atoms with Crippen LogP contribution in [0.5, 0.6) is 0 Å². The number of hydrazine groups is 1. The molecular weight excluding hydrogens is 287 g/mol. The number of aliphatic hydroxyl groups excluding tert-OH is 1. The first-order valence-electron chi connectivity index (χ1n) is 6.19. The third-order valence-electron chi connectivity index (χ3n) is 3.04. The quantitative estimate of drug-likeness (QED) is 0.828. The van der Waals surface area contributed by atoms with Crippen LogP contribution in [0.25, 0.3) is 0 Å². The summed E-state index contributed by atoms with van der Waals surface area (Å²) in [7, 11) is -3.79. The van der Waals surface area contributed by atoms with Crippen molar-refractivity contribution in [1.82, 2.24) is 9.84 Å². The number of hydrogen-bond donors (Lipinski definition) is 2. The Morgan fingerprint density at radius 1 is 1.40 bits per heavy atom. The van der Waals surface area contributed by atoms with Crippen LogP contribution >= 0.6 is 0 Å². The summed E-state index contributed by atoms with van der Waals surface area (Å²) in [5.74, 6) is -0.585. The molecule has 0 saturated carbocycles. The van der Waals surface area contributed by atoms with Crippen LogP contribution in [0.15, 0.2) is 17.0 Å². The summed E-state index contributed by atoms with van der Waals surface area (Å²) >= 11 is 0. The molecule has 20 heavy (non-hydrogen) atoms. The Morgan fingerprint density at radius 3 is 2.65 bits per heavy atom. The predicted octanol–water partition coefficient (Wildman–Crippen LogP) is 0.152. The van der Waals surface area contributed by atoms with E-state index in [-0.39, 0.29) is 16.0 Å². The second kappa shape index (κ2) is 6.15. The van der Waals surface area contributed by atoms with Crippen molar-refractivity contribution in [3.05, 3.63) is 29.1 Å². The van der Waals surface area contributed by atoms with Crippen LogP contribution in [0.2, 0.25) is 0 Å². The maximum Gasteiger partial charge on any atom is 0.253 e. The molecule has 6 nitrogen and oxygen atoms in total. The highest BCUT2D eigenvalue weighted by atomic mass is 32.2. The van der Waals surface area contributed by atoms with Gasteiger partial charge in [-0.05, 0) is 24.6 Å². The number of aryl methyl sites for hydroxylation is 1. The lowest BCUT2D eigenvalue weighted by atomic mass is 10.1. The van der Waals surface area contributed by atoms with Crippen molar-refractivity contribution in [1.29, 1.82) is 0 Å². The Bertz CT molecular complexity index is 585. The van der Waals surface area contributed by atoms with Crippen LogP contribution in [0.1, 0.15) is 11.1 Å². The fraction of sp³-hybridized carbons (Fsp3) is 0.500. The molecule has 112 valence electrons. The van der Waals surface area contributed by atoms with E-state index in [0.29, 0.717) is 26.3 Å². The average molecular weight is 304 g/mol. The molecule has 1 aliphatic heterocycles. The van der Waals surface area contributed by atoms with Gasteiger partial charge in [0.25, 0.3) is 10.0 Å². The van der Waals surface area contributed by atoms with Crippen molar-refractivity contribution in [2.45, 2.75) is 18.4 Å². The summed E-state index contributed by atoms with van der Waals surface area (Å²) < 4.78 is 43.2. The van der Waals surface area contributed by atoms with E-state index in [1.807, 2.05) is 0 Å². The minimum Gasteiger partial charge on any atom is -0.392 e. The fourth-order valence-electron chi connectivity index (χ4n) is 1.95.